The van der Waals surface area contributed by atoms with Gasteiger partial charge in [-0.2, -0.15) is 21.0 Å². The molecule has 0 saturated carbocycles. The molecule has 4 nitrogen and oxygen atoms in total. The van der Waals surface area contributed by atoms with Crippen molar-refractivity contribution in [1.29, 1.82) is 21.0 Å². The van der Waals surface area contributed by atoms with Crippen molar-refractivity contribution in [2.24, 2.45) is 10.8 Å². The summed E-state index contributed by atoms with van der Waals surface area (Å²) in [4.78, 5) is 0. The van der Waals surface area contributed by atoms with Crippen molar-refractivity contribution >= 4 is 8.07 Å². The summed E-state index contributed by atoms with van der Waals surface area (Å²) in [5, 5.41) is 37.3. The average molecular weight is 268 g/mol. The number of nitrogens with zero attached hydrogens (tertiary/aromatic N) is 4. The first-order chi connectivity index (χ1) is 8.78. The van der Waals surface area contributed by atoms with Crippen molar-refractivity contribution in [3.63, 3.8) is 0 Å². The Morgan fingerprint density at radius 3 is 1.84 bits per heavy atom. The third-order valence-electron chi connectivity index (χ3n) is 3.44. The summed E-state index contributed by atoms with van der Waals surface area (Å²) < 4.78 is 0. The molecule has 5 heteroatoms. The van der Waals surface area contributed by atoms with Gasteiger partial charge in [0.2, 0.25) is 0 Å². The molecule has 0 N–H and O–H groups in total. The Bertz CT molecular complexity index is 541. The Kier molecular flexibility index (Phi) is 3.85. The van der Waals surface area contributed by atoms with Crippen LogP contribution < -0.4 is 0 Å². The van der Waals surface area contributed by atoms with Gasteiger partial charge >= 0.3 is 0 Å². The van der Waals surface area contributed by atoms with Crippen molar-refractivity contribution in [2.45, 2.75) is 38.5 Å². The van der Waals surface area contributed by atoms with E-state index >= 15 is 0 Å². The van der Waals surface area contributed by atoms with E-state index in [0.29, 0.717) is 0 Å². The Balaban J connectivity index is 3.27. The molecule has 0 atom stereocenters. The van der Waals surface area contributed by atoms with Crippen LogP contribution in [0.2, 0.25) is 25.7 Å². The van der Waals surface area contributed by atoms with Crippen LogP contribution in [0.5, 0.6) is 0 Å². The Morgan fingerprint density at radius 2 is 1.47 bits per heavy atom. The fourth-order valence-electron chi connectivity index (χ4n) is 2.45. The van der Waals surface area contributed by atoms with Gasteiger partial charge in [-0.1, -0.05) is 31.3 Å². The summed E-state index contributed by atoms with van der Waals surface area (Å²) in [6.45, 7) is 6.64. The van der Waals surface area contributed by atoms with Gasteiger partial charge in [0.15, 0.2) is 10.8 Å². The fraction of sp³-hybridized carbons (Fsp3) is 0.571. The van der Waals surface area contributed by atoms with Crippen LogP contribution in [0, 0.1) is 56.2 Å². The highest BCUT2D eigenvalue weighted by atomic mass is 28.3. The highest BCUT2D eigenvalue weighted by Crippen LogP contribution is 2.50. The average Bonchev–Trinajstić information content (AvgIpc) is 2.37. The summed E-state index contributed by atoms with van der Waals surface area (Å²) in [6.07, 6.45) is 2.27. The SMILES string of the molecule is C[Si](C)(C)CC1=CCC(C#N)(C#N)C(C#N)(C#N)C1. The van der Waals surface area contributed by atoms with Crippen molar-refractivity contribution in [1.82, 2.24) is 0 Å². The molecule has 0 heterocycles. The van der Waals surface area contributed by atoms with Gasteiger partial charge in [0.25, 0.3) is 0 Å². The zero-order chi connectivity index (χ0) is 14.7. The zero-order valence-corrected chi connectivity index (χ0v) is 12.5. The van der Waals surface area contributed by atoms with Gasteiger partial charge in [0.05, 0.1) is 24.3 Å². The highest BCUT2D eigenvalue weighted by Gasteiger charge is 2.56. The monoisotopic (exact) mass is 268 g/mol. The van der Waals surface area contributed by atoms with Gasteiger partial charge in [-0.05, 0) is 6.04 Å². The Morgan fingerprint density at radius 1 is 1.00 bits per heavy atom. The maximum Gasteiger partial charge on any atom is 0.179 e. The molecule has 19 heavy (non-hydrogen) atoms. The second-order valence-corrected chi connectivity index (χ2v) is 11.7. The summed E-state index contributed by atoms with van der Waals surface area (Å²) in [5.41, 5.74) is -2.04. The maximum atomic E-state index is 9.36. The first-order valence-corrected chi connectivity index (χ1v) is 9.82. The van der Waals surface area contributed by atoms with E-state index in [0.717, 1.165) is 11.6 Å². The molecular formula is C14H16N4Si. The van der Waals surface area contributed by atoms with Crippen LogP contribution in [0.15, 0.2) is 11.6 Å². The molecule has 0 saturated heterocycles. The van der Waals surface area contributed by atoms with Gasteiger partial charge in [0, 0.05) is 20.9 Å². The molecule has 0 aromatic rings. The second kappa shape index (κ2) is 4.89. The molecule has 0 fully saturated rings. The van der Waals surface area contributed by atoms with E-state index < -0.39 is 18.9 Å². The Labute approximate surface area is 115 Å². The first kappa shape index (κ1) is 15.0. The molecule has 0 aromatic carbocycles. The van der Waals surface area contributed by atoms with E-state index in [1.807, 2.05) is 30.4 Å². The van der Waals surface area contributed by atoms with Crippen LogP contribution in [0.25, 0.3) is 0 Å². The van der Waals surface area contributed by atoms with E-state index in [9.17, 15) is 21.0 Å². The quantitative estimate of drug-likeness (QED) is 0.567. The second-order valence-electron chi connectivity index (χ2n) is 6.24. The molecule has 0 aromatic heterocycles. The van der Waals surface area contributed by atoms with Crippen LogP contribution in [0.4, 0.5) is 0 Å². The molecule has 0 amide bonds. The van der Waals surface area contributed by atoms with Gasteiger partial charge in [0.1, 0.15) is 0 Å². The normalized spacial score (nSPS) is 20.1. The minimum Gasteiger partial charge on any atom is -0.196 e. The molecule has 0 unspecified atom stereocenters. The predicted octanol–water partition coefficient (Wildman–Crippen LogP) is 3.11. The van der Waals surface area contributed by atoms with Gasteiger partial charge < -0.3 is 0 Å². The molecule has 0 bridgehead atoms. The topological polar surface area (TPSA) is 95.2 Å². The minimum absolute atomic E-state index is 0.168. The third kappa shape index (κ3) is 2.53. The van der Waals surface area contributed by atoms with E-state index in [1.54, 1.807) is 0 Å². The van der Waals surface area contributed by atoms with E-state index in [1.165, 1.54) is 0 Å². The maximum absolute atomic E-state index is 9.36. The molecule has 1 rings (SSSR count). The lowest BCUT2D eigenvalue weighted by atomic mass is 9.59. The standard InChI is InChI=1S/C14H16N4Si/c1-19(2,3)7-12-4-5-13(8-15,9-16)14(6-12,10-17)11-18/h4H,5-7H2,1-3H3. The van der Waals surface area contributed by atoms with Crippen LogP contribution in [-0.4, -0.2) is 8.07 Å². The zero-order valence-electron chi connectivity index (χ0n) is 11.5. The Hall–Kier alpha value is -2.08. The van der Waals surface area contributed by atoms with E-state index in [2.05, 4.69) is 19.6 Å². The first-order valence-electron chi connectivity index (χ1n) is 6.11. The van der Waals surface area contributed by atoms with Gasteiger partial charge in [-0.25, -0.2) is 0 Å². The smallest absolute Gasteiger partial charge is 0.179 e. The molecule has 1 aliphatic carbocycles. The van der Waals surface area contributed by atoms with Crippen LogP contribution in [-0.2, 0) is 0 Å². The lowest BCUT2D eigenvalue weighted by Gasteiger charge is -2.36. The predicted molar refractivity (Wildman–Crippen MR) is 72.8 cm³/mol. The molecule has 0 spiro atoms. The van der Waals surface area contributed by atoms with Crippen molar-refractivity contribution < 1.29 is 0 Å². The van der Waals surface area contributed by atoms with E-state index in [4.69, 9.17) is 0 Å². The lowest BCUT2D eigenvalue weighted by molar-refractivity contribution is 0.282. The molecule has 1 aliphatic rings. The number of hydrogen-bond donors (Lipinski definition) is 0. The van der Waals surface area contributed by atoms with Crippen LogP contribution >= 0.6 is 0 Å². The summed E-state index contributed by atoms with van der Waals surface area (Å²) >= 11 is 0. The molecule has 0 aliphatic heterocycles. The number of allylic oxidation sites excluding steroid dienone is 2. The molecule has 96 valence electrons. The van der Waals surface area contributed by atoms with Crippen molar-refractivity contribution in [2.75, 3.05) is 0 Å². The summed E-state index contributed by atoms with van der Waals surface area (Å²) in [6, 6.07) is 8.59. The largest absolute Gasteiger partial charge is 0.196 e. The molecule has 0 radical (unpaired) electrons. The van der Waals surface area contributed by atoms with Crippen molar-refractivity contribution in [3.05, 3.63) is 11.6 Å². The van der Waals surface area contributed by atoms with Crippen LogP contribution in [0.3, 0.4) is 0 Å². The van der Waals surface area contributed by atoms with Crippen LogP contribution in [0.1, 0.15) is 12.8 Å². The summed E-state index contributed by atoms with van der Waals surface area (Å²) in [5.74, 6) is 0. The lowest BCUT2D eigenvalue weighted by Crippen LogP contribution is -2.41. The van der Waals surface area contributed by atoms with Gasteiger partial charge in [-0.3, -0.25) is 0 Å². The molecular weight excluding hydrogens is 252 g/mol. The third-order valence-corrected chi connectivity index (χ3v) is 4.95. The van der Waals surface area contributed by atoms with E-state index in [-0.39, 0.29) is 12.8 Å². The van der Waals surface area contributed by atoms with Crippen molar-refractivity contribution in [3.8, 4) is 24.3 Å². The number of nitriles is 4. The fourth-order valence-corrected chi connectivity index (χ4v) is 4.08. The van der Waals surface area contributed by atoms with Gasteiger partial charge in [-0.15, -0.1) is 0 Å². The highest BCUT2D eigenvalue weighted by molar-refractivity contribution is 6.76. The number of rotatable bonds is 2. The minimum atomic E-state index is -1.54. The summed E-state index contributed by atoms with van der Waals surface area (Å²) in [7, 11) is -1.35. The number of hydrogen-bond acceptors (Lipinski definition) is 4.